The van der Waals surface area contributed by atoms with Crippen LogP contribution < -0.4 is 47.3 Å². The maximum absolute atomic E-state index is 15.0. The number of benzene rings is 6. The number of pyridine rings is 4. The fraction of sp³-hybridized carbons (Fsp3) is 0.294. The van der Waals surface area contributed by atoms with Gasteiger partial charge in [-0.2, -0.15) is 0 Å². The highest BCUT2D eigenvalue weighted by atomic mass is 35.5. The average Bonchev–Trinajstić information content (AvgIpc) is 1.62. The number of nitro groups is 2. The van der Waals surface area contributed by atoms with Crippen LogP contribution in [0.15, 0.2) is 146 Å². The quantitative estimate of drug-likeness (QED) is 0.0229. The summed E-state index contributed by atoms with van der Waals surface area (Å²) in [6.07, 6.45) is 12.4. The van der Waals surface area contributed by atoms with E-state index in [2.05, 4.69) is 19.9 Å². The van der Waals surface area contributed by atoms with Crippen molar-refractivity contribution < 1.29 is 83.6 Å². The average molecular weight is 1670 g/mol. The van der Waals surface area contributed by atoms with Crippen molar-refractivity contribution in [2.75, 3.05) is 69.5 Å². The van der Waals surface area contributed by atoms with Crippen molar-refractivity contribution in [1.29, 1.82) is 0 Å². The molecule has 6 aromatic carbocycles. The molecular weight excluding hydrogens is 1590 g/mol. The highest BCUT2D eigenvalue weighted by Crippen LogP contribution is 2.47. The van der Waals surface area contributed by atoms with Crippen molar-refractivity contribution in [2.45, 2.75) is 115 Å². The van der Waals surface area contributed by atoms with E-state index in [-0.39, 0.29) is 144 Å². The zero-order valence-electron chi connectivity index (χ0n) is 65.5. The third-order valence-electron chi connectivity index (χ3n) is 21.5. The van der Waals surface area contributed by atoms with Gasteiger partial charge in [-0.25, -0.2) is 46.3 Å². The van der Waals surface area contributed by atoms with Crippen LogP contribution in [0.2, 0.25) is 5.02 Å². The molecule has 4 fully saturated rings. The number of fused-ring (bicyclic) bond motifs is 3. The molecule has 7 aliphatic rings. The minimum absolute atomic E-state index is 0.00231. The Kier molecular flexibility index (Phi) is 25.3. The van der Waals surface area contributed by atoms with Gasteiger partial charge in [0.25, 0.3) is 17.7 Å². The summed E-state index contributed by atoms with van der Waals surface area (Å²) in [5.41, 5.74) is 26.5. The first-order valence-corrected chi connectivity index (χ1v) is 38.5. The van der Waals surface area contributed by atoms with E-state index in [1.165, 1.54) is 94.1 Å². The molecule has 3 saturated carbocycles. The highest BCUT2D eigenvalue weighted by Gasteiger charge is 2.52. The Labute approximate surface area is 689 Å². The number of anilines is 4. The molecule has 0 bridgehead atoms. The van der Waals surface area contributed by atoms with Crippen LogP contribution in [0, 0.1) is 55.1 Å². The Morgan fingerprint density at radius 3 is 1.27 bits per heavy atom. The highest BCUT2D eigenvalue weighted by molar-refractivity contribution is 6.62. The summed E-state index contributed by atoms with van der Waals surface area (Å²) in [6.45, 7) is 8.84. The van der Waals surface area contributed by atoms with E-state index >= 15 is 8.78 Å². The number of rotatable bonds is 16. The lowest BCUT2D eigenvalue weighted by Gasteiger charge is -2.32. The summed E-state index contributed by atoms with van der Waals surface area (Å²) in [5, 5.41) is 21.6. The zero-order chi connectivity index (χ0) is 85.8. The maximum atomic E-state index is 15.0. The molecule has 3 aliphatic carbocycles. The van der Waals surface area contributed by atoms with Gasteiger partial charge in [-0.1, -0.05) is 48.0 Å². The lowest BCUT2D eigenvalue weighted by Crippen LogP contribution is -2.41. The van der Waals surface area contributed by atoms with Crippen LogP contribution in [-0.4, -0.2) is 133 Å². The minimum atomic E-state index is -0.673. The van der Waals surface area contributed by atoms with Crippen LogP contribution in [0.1, 0.15) is 159 Å². The Morgan fingerprint density at radius 1 is 0.508 bits per heavy atom. The summed E-state index contributed by atoms with van der Waals surface area (Å²) in [6, 6.07) is 30.6. The Morgan fingerprint density at radius 2 is 0.900 bits per heavy atom. The number of hydrogen-bond acceptors (Lipinski definition) is 22. The van der Waals surface area contributed by atoms with Gasteiger partial charge in [0.05, 0.1) is 65.2 Å². The second kappa shape index (κ2) is 35.7. The third kappa shape index (κ3) is 19.1. The summed E-state index contributed by atoms with van der Waals surface area (Å²) < 4.78 is 123. The number of carbonyl (C=O) groups excluding carboxylic acids is 4. The van der Waals surface area contributed by atoms with E-state index in [1.807, 2.05) is 27.7 Å². The molecule has 0 atom stereocenters. The number of methoxy groups -OCH3 is 1. The van der Waals surface area contributed by atoms with Crippen LogP contribution in [0.3, 0.4) is 0 Å². The summed E-state index contributed by atoms with van der Waals surface area (Å²) in [5.74, 6) is -2.88. The van der Waals surface area contributed by atoms with E-state index in [0.717, 1.165) is 61.3 Å². The number of carbonyl (C=O) groups is 4. The Bertz CT molecular complexity index is 5620. The molecule has 1 saturated heterocycles. The first kappa shape index (κ1) is 85.0. The third-order valence-corrected chi connectivity index (χ3v) is 21.8. The van der Waals surface area contributed by atoms with Gasteiger partial charge in [-0.3, -0.25) is 39.4 Å². The topological polar surface area (TPSA) is 375 Å². The summed E-state index contributed by atoms with van der Waals surface area (Å²) >= 11 is 5.46. The molecule has 120 heavy (non-hydrogen) atoms. The van der Waals surface area contributed by atoms with Crippen LogP contribution in [-0.2, 0) is 28.9 Å². The molecule has 35 heteroatoms. The van der Waals surface area contributed by atoms with E-state index < -0.39 is 86.5 Å². The van der Waals surface area contributed by atoms with Crippen molar-refractivity contribution in [3.8, 4) is 45.3 Å². The van der Waals surface area contributed by atoms with Gasteiger partial charge in [0.15, 0.2) is 6.29 Å². The van der Waals surface area contributed by atoms with Crippen molar-refractivity contribution >= 4 is 82.7 Å². The van der Waals surface area contributed by atoms with Gasteiger partial charge in [0.1, 0.15) is 111 Å². The number of nitrogens with zero attached hydrogens (tertiary/aromatic N) is 9. The molecule has 4 aliphatic heterocycles. The van der Waals surface area contributed by atoms with E-state index in [0.29, 0.717) is 63.2 Å². The van der Waals surface area contributed by atoms with Gasteiger partial charge in [-0.15, -0.1) is 0 Å². The molecule has 8 heterocycles. The molecule has 0 unspecified atom stereocenters. The van der Waals surface area contributed by atoms with Crippen molar-refractivity contribution in [1.82, 2.24) is 34.6 Å². The minimum Gasteiger partial charge on any atom is -0.495 e. The Hall–Kier alpha value is -12.9. The lowest BCUT2D eigenvalue weighted by molar-refractivity contribution is -0.384. The maximum Gasteiger partial charge on any atom is 0.494 e. The Balaban J connectivity index is 0.000000138. The van der Waals surface area contributed by atoms with Crippen LogP contribution in [0.4, 0.5) is 60.9 Å². The normalized spacial score (nSPS) is 16.1. The van der Waals surface area contributed by atoms with Gasteiger partial charge in [0, 0.05) is 60.5 Å². The first-order valence-electron chi connectivity index (χ1n) is 38.2. The second-order valence-corrected chi connectivity index (χ2v) is 30.7. The molecular formula is C85H81BClF6N13O14. The molecule has 27 nitrogen and oxygen atoms in total. The second-order valence-electron chi connectivity index (χ2n) is 30.3. The van der Waals surface area contributed by atoms with Gasteiger partial charge in [-0.05, 0) is 202 Å². The molecule has 3 amide bonds. The largest absolute Gasteiger partial charge is 0.495 e. The van der Waals surface area contributed by atoms with Crippen LogP contribution >= 0.6 is 11.6 Å². The predicted octanol–water partition coefficient (Wildman–Crippen LogP) is 14.8. The standard InChI is InChI=1S/C25H28BF2NO4.C24H20F2N4O4.C24H22F2N4O2.C7H7NO2.C5H4ClN3O2/c1-24(2)25(3,4)33-26(32-24)18-8-7-16(19(27)13-18)14-29-9-10-31-21-12-17(15-5-6-15)11-20(28)22(21)23(29)30;25-18-9-14(17-5-6-28-23(27)22(17)30(32)33)3-4-15(18)12-29-7-8-34-20-11-16(13-1-2-13)10-19(26)21(20)24(29)31;25-18-9-14(17-5-6-29-23(28)22(17)27)3-4-15(18)12-30-7-8-32-20-11-16(13-1-2-13)10-19(26)21(20)24(30)31;1-10-7-3-2-6(5-9)8-4-7;6-3-1-2-8-5(7)4(3)9(10)11/h7-8,11-13,15H,5-6,9-10,14H2,1-4H3;3-6,9-11,13H,1-2,7-8,12H2,(H2,27,28);3-6,9-11,13H,1-2,7-8,12,27H2,(H2,28,29);2-5H,1H3;1-2H,(H2,7,8). The molecule has 8 N–H and O–H groups in total. The fourth-order valence-electron chi connectivity index (χ4n) is 13.7. The van der Waals surface area contributed by atoms with Crippen LogP contribution in [0.5, 0.6) is 23.0 Å². The zero-order valence-corrected chi connectivity index (χ0v) is 66.3. The molecule has 0 radical (unpaired) electrons. The number of hydrogen-bond donors (Lipinski definition) is 4. The molecule has 0 spiro atoms. The van der Waals surface area contributed by atoms with Crippen molar-refractivity contribution in [2.24, 2.45) is 0 Å². The smallest absolute Gasteiger partial charge is 0.494 e. The number of amides is 3. The lowest BCUT2D eigenvalue weighted by atomic mass is 9.78. The molecule has 10 aromatic rings. The number of nitrogens with two attached hydrogens (primary N) is 4. The number of aldehydes is 1. The first-order chi connectivity index (χ1) is 57.3. The van der Waals surface area contributed by atoms with E-state index in [4.69, 9.17) is 62.8 Å². The SMILES string of the molecule is CC1(C)OB(c2ccc(CN3CCOc4cc(C5CC5)cc(F)c4C3=O)c(F)c2)OC1(C)C.COc1ccc(C=O)nc1.Nc1nccc(-c2ccc(CN3CCOc4cc(C5CC5)cc(F)c4C3=O)c(F)c2)c1N.Nc1nccc(-c2ccc(CN3CCOc4cc(C5CC5)cc(F)c4C3=O)c(F)c2)c1[N+](=O)[O-].Nc1nccc(Cl)c1[N+](=O)[O-]. The molecule has 622 valence electrons. The number of aromatic nitrogens is 4. The van der Waals surface area contributed by atoms with Gasteiger partial charge in [0.2, 0.25) is 11.6 Å². The van der Waals surface area contributed by atoms with Gasteiger partial charge >= 0.3 is 18.5 Å². The van der Waals surface area contributed by atoms with E-state index in [9.17, 15) is 57.0 Å². The van der Waals surface area contributed by atoms with Crippen molar-refractivity contribution in [3.63, 3.8) is 0 Å². The van der Waals surface area contributed by atoms with Crippen LogP contribution in [0.25, 0.3) is 22.3 Å². The predicted molar refractivity (Wildman–Crippen MR) is 434 cm³/mol. The van der Waals surface area contributed by atoms with Gasteiger partial charge < -0.3 is 65.9 Å². The number of ether oxygens (including phenoxy) is 4. The van der Waals surface area contributed by atoms with E-state index in [1.54, 1.807) is 67.8 Å². The number of halogens is 7. The molecule has 17 rings (SSSR count). The summed E-state index contributed by atoms with van der Waals surface area (Å²) in [4.78, 5) is 88.8. The number of nitrogen functional groups attached to an aromatic ring is 4. The molecule has 4 aromatic heterocycles. The fourth-order valence-corrected chi connectivity index (χ4v) is 13.9. The monoisotopic (exact) mass is 1670 g/mol. The summed E-state index contributed by atoms with van der Waals surface area (Å²) in [7, 11) is 0.880. The van der Waals surface area contributed by atoms with Crippen molar-refractivity contribution in [3.05, 3.63) is 262 Å².